The molecule has 0 saturated heterocycles. The van der Waals surface area contributed by atoms with Gasteiger partial charge < -0.3 is 5.32 Å². The molecule has 5 heteroatoms. The van der Waals surface area contributed by atoms with E-state index in [1.54, 1.807) is 5.48 Å². The van der Waals surface area contributed by atoms with Crippen LogP contribution < -0.4 is 10.8 Å². The van der Waals surface area contributed by atoms with Gasteiger partial charge in [0.1, 0.15) is 6.04 Å². The van der Waals surface area contributed by atoms with Gasteiger partial charge in [-0.15, -0.1) is 0 Å². The van der Waals surface area contributed by atoms with E-state index in [1.165, 1.54) is 0 Å². The molecule has 1 atom stereocenters. The molecule has 0 aliphatic carbocycles. The Morgan fingerprint density at radius 1 is 1.05 bits per heavy atom. The van der Waals surface area contributed by atoms with E-state index in [-0.39, 0.29) is 11.8 Å². The van der Waals surface area contributed by atoms with Gasteiger partial charge in [-0.05, 0) is 18.4 Å². The van der Waals surface area contributed by atoms with Crippen molar-refractivity contribution in [2.45, 2.75) is 52.0 Å². The Balaban J connectivity index is 2.75. The van der Waals surface area contributed by atoms with Gasteiger partial charge in [0.2, 0.25) is 5.91 Å². The Bertz CT molecular complexity index is 456. The molecule has 0 unspecified atom stereocenters. The summed E-state index contributed by atoms with van der Waals surface area (Å²) in [5, 5.41) is 11.7. The van der Waals surface area contributed by atoms with Crippen molar-refractivity contribution in [3.8, 4) is 0 Å². The second-order valence-corrected chi connectivity index (χ2v) is 5.50. The first-order valence-electron chi connectivity index (χ1n) is 7.90. The Morgan fingerprint density at radius 3 is 2.14 bits per heavy atom. The van der Waals surface area contributed by atoms with Gasteiger partial charge >= 0.3 is 0 Å². The van der Waals surface area contributed by atoms with Crippen molar-refractivity contribution in [2.24, 2.45) is 5.92 Å². The average Bonchev–Trinajstić information content (AvgIpc) is 2.54. The van der Waals surface area contributed by atoms with Crippen molar-refractivity contribution < 1.29 is 14.8 Å². The van der Waals surface area contributed by atoms with Gasteiger partial charge in [0.15, 0.2) is 0 Å². The summed E-state index contributed by atoms with van der Waals surface area (Å²) >= 11 is 0. The fraction of sp³-hybridized carbons (Fsp3) is 0.529. The van der Waals surface area contributed by atoms with Gasteiger partial charge in [-0.2, -0.15) is 0 Å². The Hall–Kier alpha value is -1.88. The normalized spacial score (nSPS) is 12.0. The quantitative estimate of drug-likeness (QED) is 0.484. The van der Waals surface area contributed by atoms with Gasteiger partial charge in [-0.25, -0.2) is 5.48 Å². The molecule has 0 spiro atoms. The number of hydroxylamine groups is 1. The van der Waals surface area contributed by atoms with Crippen LogP contribution in [0.2, 0.25) is 0 Å². The molecule has 122 valence electrons. The topological polar surface area (TPSA) is 78.4 Å². The van der Waals surface area contributed by atoms with Crippen molar-refractivity contribution >= 4 is 11.8 Å². The van der Waals surface area contributed by atoms with Crippen LogP contribution in [0.3, 0.4) is 0 Å². The van der Waals surface area contributed by atoms with E-state index >= 15 is 0 Å². The van der Waals surface area contributed by atoms with Crippen molar-refractivity contribution in [1.29, 1.82) is 0 Å². The molecule has 5 nitrogen and oxygen atoms in total. The van der Waals surface area contributed by atoms with Crippen molar-refractivity contribution in [1.82, 2.24) is 10.8 Å². The molecule has 1 aromatic carbocycles. The van der Waals surface area contributed by atoms with Gasteiger partial charge in [-0.3, -0.25) is 14.8 Å². The zero-order valence-corrected chi connectivity index (χ0v) is 13.3. The number of amides is 2. The van der Waals surface area contributed by atoms with Crippen LogP contribution in [0.4, 0.5) is 0 Å². The second kappa shape index (κ2) is 9.95. The first-order valence-corrected chi connectivity index (χ1v) is 7.90. The summed E-state index contributed by atoms with van der Waals surface area (Å²) in [6, 6.07) is 8.65. The van der Waals surface area contributed by atoms with Crippen molar-refractivity contribution in [3.63, 3.8) is 0 Å². The van der Waals surface area contributed by atoms with Gasteiger partial charge in [0, 0.05) is 12.3 Å². The number of benzene rings is 1. The number of hydrogen-bond acceptors (Lipinski definition) is 3. The SMILES string of the molecule is CCCC(CCC)C(=O)N[C@@H](Cc1ccccc1)C(=O)NO. The highest BCUT2D eigenvalue weighted by atomic mass is 16.5. The minimum Gasteiger partial charge on any atom is -0.344 e. The number of carbonyl (C=O) groups excluding carboxylic acids is 2. The predicted molar refractivity (Wildman–Crippen MR) is 85.3 cm³/mol. The monoisotopic (exact) mass is 306 g/mol. The summed E-state index contributed by atoms with van der Waals surface area (Å²) in [7, 11) is 0. The molecule has 0 heterocycles. The lowest BCUT2D eigenvalue weighted by Gasteiger charge is -2.21. The Kier molecular flexibility index (Phi) is 8.22. The van der Waals surface area contributed by atoms with Crippen LogP contribution in [0.15, 0.2) is 30.3 Å². The van der Waals surface area contributed by atoms with Crippen LogP contribution in [0.25, 0.3) is 0 Å². The molecule has 0 radical (unpaired) electrons. The molecule has 0 fully saturated rings. The molecule has 1 rings (SSSR count). The van der Waals surface area contributed by atoms with Crippen LogP contribution >= 0.6 is 0 Å². The van der Waals surface area contributed by atoms with Crippen molar-refractivity contribution in [3.05, 3.63) is 35.9 Å². The third-order valence-corrected chi connectivity index (χ3v) is 3.67. The summed E-state index contributed by atoms with van der Waals surface area (Å²) in [6.07, 6.45) is 3.81. The molecular weight excluding hydrogens is 280 g/mol. The molecule has 0 aliphatic rings. The lowest BCUT2D eigenvalue weighted by Crippen LogP contribution is -2.49. The minimum atomic E-state index is -0.767. The standard InChI is InChI=1S/C17H26N2O3/c1-3-8-14(9-4-2)16(20)18-15(17(21)19-22)12-13-10-6-5-7-11-13/h5-7,10-11,14-15,22H,3-4,8-9,12H2,1-2H3,(H,18,20)(H,19,21)/t15-/m0/s1. The lowest BCUT2D eigenvalue weighted by molar-refractivity contribution is -0.136. The molecule has 0 bridgehead atoms. The highest BCUT2D eigenvalue weighted by molar-refractivity contribution is 5.88. The lowest BCUT2D eigenvalue weighted by atomic mass is 9.96. The van der Waals surface area contributed by atoms with E-state index in [0.717, 1.165) is 31.2 Å². The van der Waals surface area contributed by atoms with E-state index in [1.807, 2.05) is 44.2 Å². The predicted octanol–water partition coefficient (Wildman–Crippen LogP) is 2.44. The highest BCUT2D eigenvalue weighted by Crippen LogP contribution is 2.14. The molecule has 0 saturated carbocycles. The van der Waals surface area contributed by atoms with E-state index in [4.69, 9.17) is 5.21 Å². The third kappa shape index (κ3) is 5.85. The minimum absolute atomic E-state index is 0.0835. The smallest absolute Gasteiger partial charge is 0.266 e. The van der Waals surface area contributed by atoms with Crippen LogP contribution in [0, 0.1) is 5.92 Å². The first-order chi connectivity index (χ1) is 10.6. The highest BCUT2D eigenvalue weighted by Gasteiger charge is 2.24. The molecule has 22 heavy (non-hydrogen) atoms. The molecule has 0 aromatic heterocycles. The van der Waals surface area contributed by atoms with E-state index < -0.39 is 11.9 Å². The number of nitrogens with one attached hydrogen (secondary N) is 2. The second-order valence-electron chi connectivity index (χ2n) is 5.50. The van der Waals surface area contributed by atoms with Crippen LogP contribution in [0.5, 0.6) is 0 Å². The maximum Gasteiger partial charge on any atom is 0.266 e. The van der Waals surface area contributed by atoms with E-state index in [9.17, 15) is 9.59 Å². The van der Waals surface area contributed by atoms with Crippen molar-refractivity contribution in [2.75, 3.05) is 0 Å². The molecule has 1 aromatic rings. The largest absolute Gasteiger partial charge is 0.344 e. The van der Waals surface area contributed by atoms with Gasteiger partial charge in [0.05, 0.1) is 0 Å². The average molecular weight is 306 g/mol. The maximum absolute atomic E-state index is 12.4. The molecular formula is C17H26N2O3. The molecule has 3 N–H and O–H groups in total. The number of hydrogen-bond donors (Lipinski definition) is 3. The zero-order chi connectivity index (χ0) is 16.4. The summed E-state index contributed by atoms with van der Waals surface area (Å²) in [5.74, 6) is -0.794. The fourth-order valence-electron chi connectivity index (χ4n) is 2.53. The molecule has 2 amide bonds. The van der Waals surface area contributed by atoms with Gasteiger partial charge in [0.25, 0.3) is 5.91 Å². The number of carbonyl (C=O) groups is 2. The summed E-state index contributed by atoms with van der Waals surface area (Å²) in [6.45, 7) is 4.08. The Labute approximate surface area is 132 Å². The van der Waals surface area contributed by atoms with E-state index in [0.29, 0.717) is 6.42 Å². The third-order valence-electron chi connectivity index (χ3n) is 3.67. The Morgan fingerprint density at radius 2 is 1.64 bits per heavy atom. The molecule has 0 aliphatic heterocycles. The fourth-order valence-corrected chi connectivity index (χ4v) is 2.53. The zero-order valence-electron chi connectivity index (χ0n) is 13.3. The summed E-state index contributed by atoms with van der Waals surface area (Å²) < 4.78 is 0. The first kappa shape index (κ1) is 18.2. The van der Waals surface area contributed by atoms with Crippen LogP contribution in [0.1, 0.15) is 45.1 Å². The van der Waals surface area contributed by atoms with E-state index in [2.05, 4.69) is 5.32 Å². The van der Waals surface area contributed by atoms with Crippen LogP contribution in [-0.4, -0.2) is 23.1 Å². The van der Waals surface area contributed by atoms with Gasteiger partial charge in [-0.1, -0.05) is 57.0 Å². The maximum atomic E-state index is 12.4. The van der Waals surface area contributed by atoms with Crippen LogP contribution in [-0.2, 0) is 16.0 Å². The summed E-state index contributed by atoms with van der Waals surface area (Å²) in [5.41, 5.74) is 2.57. The number of rotatable bonds is 9. The summed E-state index contributed by atoms with van der Waals surface area (Å²) in [4.78, 5) is 24.2.